The van der Waals surface area contributed by atoms with E-state index >= 15 is 0 Å². The molecule has 1 atom stereocenters. The fraction of sp³-hybridized carbons (Fsp3) is 0.611. The van der Waals surface area contributed by atoms with E-state index in [1.54, 1.807) is 12.0 Å². The molecular weight excluding hydrogens is 340 g/mol. The molecular formula is C18H28N2O4S. The first kappa shape index (κ1) is 19.7. The summed E-state index contributed by atoms with van der Waals surface area (Å²) in [5, 5.41) is 3.28. The number of carbonyl (C=O) groups excluding carboxylic acids is 1. The Morgan fingerprint density at radius 1 is 1.32 bits per heavy atom. The molecule has 140 valence electrons. The molecule has 0 saturated carbocycles. The van der Waals surface area contributed by atoms with Crippen LogP contribution >= 0.6 is 0 Å². The Morgan fingerprint density at radius 2 is 2.08 bits per heavy atom. The molecule has 1 N–H and O–H groups in total. The van der Waals surface area contributed by atoms with Crippen LogP contribution in [-0.2, 0) is 21.1 Å². The number of carbonyl (C=O) groups is 1. The van der Waals surface area contributed by atoms with Crippen molar-refractivity contribution in [3.8, 4) is 5.75 Å². The Hall–Kier alpha value is -1.60. The molecule has 0 aromatic heterocycles. The Bertz CT molecular complexity index is 675. The quantitative estimate of drug-likeness (QED) is 0.664. The second kappa shape index (κ2) is 9.20. The summed E-state index contributed by atoms with van der Waals surface area (Å²) in [6, 6.07) is 7.74. The van der Waals surface area contributed by atoms with Crippen LogP contribution in [0.1, 0.15) is 25.3 Å². The number of methoxy groups -OCH3 is 1. The van der Waals surface area contributed by atoms with Gasteiger partial charge in [0, 0.05) is 25.6 Å². The van der Waals surface area contributed by atoms with Crippen LogP contribution in [0.15, 0.2) is 24.3 Å². The average molecular weight is 368 g/mol. The summed E-state index contributed by atoms with van der Waals surface area (Å²) in [6.45, 7) is 3.81. The maximum absolute atomic E-state index is 12.4. The van der Waals surface area contributed by atoms with E-state index in [9.17, 15) is 13.2 Å². The summed E-state index contributed by atoms with van der Waals surface area (Å²) < 4.78 is 28.5. The van der Waals surface area contributed by atoms with Crippen molar-refractivity contribution in [1.29, 1.82) is 0 Å². The molecule has 1 saturated heterocycles. The molecule has 1 aliphatic heterocycles. The molecule has 7 heteroatoms. The number of para-hydroxylation sites is 1. The number of hydrogen-bond acceptors (Lipinski definition) is 5. The Labute approximate surface area is 150 Å². The van der Waals surface area contributed by atoms with Gasteiger partial charge in [-0.25, -0.2) is 8.42 Å². The van der Waals surface area contributed by atoms with Crippen molar-refractivity contribution >= 4 is 15.7 Å². The largest absolute Gasteiger partial charge is 0.496 e. The van der Waals surface area contributed by atoms with E-state index in [0.717, 1.165) is 24.3 Å². The average Bonchev–Trinajstić information content (AvgIpc) is 2.95. The van der Waals surface area contributed by atoms with Gasteiger partial charge in [-0.15, -0.1) is 0 Å². The van der Waals surface area contributed by atoms with E-state index < -0.39 is 9.84 Å². The van der Waals surface area contributed by atoms with Crippen LogP contribution in [0.25, 0.3) is 0 Å². The van der Waals surface area contributed by atoms with Crippen LogP contribution in [0.5, 0.6) is 5.75 Å². The van der Waals surface area contributed by atoms with Gasteiger partial charge in [-0.3, -0.25) is 4.79 Å². The highest BCUT2D eigenvalue weighted by Gasteiger charge is 2.33. The number of nitrogens with one attached hydrogen (secondary N) is 1. The van der Waals surface area contributed by atoms with Gasteiger partial charge < -0.3 is 15.0 Å². The van der Waals surface area contributed by atoms with Gasteiger partial charge in [-0.05, 0) is 37.9 Å². The fourth-order valence-electron chi connectivity index (χ4n) is 3.26. The molecule has 0 spiro atoms. The standard InChI is InChI=1S/C18H28N2O4S/c1-3-20(16-10-13-25(22,23)14-16)18(21)9-12-19-11-8-15-6-4-5-7-17(15)24-2/h4-7,16,19H,3,8-14H2,1-2H3. The first-order valence-corrected chi connectivity index (χ1v) is 10.6. The highest BCUT2D eigenvalue weighted by molar-refractivity contribution is 7.91. The van der Waals surface area contributed by atoms with Crippen molar-refractivity contribution in [3.05, 3.63) is 29.8 Å². The van der Waals surface area contributed by atoms with Crippen LogP contribution < -0.4 is 10.1 Å². The second-order valence-corrected chi connectivity index (χ2v) is 8.53. The summed E-state index contributed by atoms with van der Waals surface area (Å²) >= 11 is 0. The zero-order valence-corrected chi connectivity index (χ0v) is 15.8. The van der Waals surface area contributed by atoms with Gasteiger partial charge in [-0.1, -0.05) is 18.2 Å². The summed E-state index contributed by atoms with van der Waals surface area (Å²) in [5.74, 6) is 1.20. The SMILES string of the molecule is CCN(C(=O)CCNCCc1ccccc1OC)C1CCS(=O)(=O)C1. The van der Waals surface area contributed by atoms with Crippen molar-refractivity contribution < 1.29 is 17.9 Å². The lowest BCUT2D eigenvalue weighted by Gasteiger charge is -2.27. The molecule has 1 aliphatic rings. The molecule has 1 fully saturated rings. The zero-order valence-electron chi connectivity index (χ0n) is 15.0. The van der Waals surface area contributed by atoms with Crippen LogP contribution in [0, 0.1) is 0 Å². The molecule has 1 heterocycles. The van der Waals surface area contributed by atoms with Gasteiger partial charge in [-0.2, -0.15) is 0 Å². The summed E-state index contributed by atoms with van der Waals surface area (Å²) in [5.41, 5.74) is 1.13. The van der Waals surface area contributed by atoms with Gasteiger partial charge in [0.05, 0.1) is 18.6 Å². The van der Waals surface area contributed by atoms with E-state index in [2.05, 4.69) is 5.32 Å². The fourth-order valence-corrected chi connectivity index (χ4v) is 4.99. The minimum Gasteiger partial charge on any atom is -0.496 e. The second-order valence-electron chi connectivity index (χ2n) is 6.30. The van der Waals surface area contributed by atoms with Crippen LogP contribution in [0.4, 0.5) is 0 Å². The maximum Gasteiger partial charge on any atom is 0.224 e. The number of sulfone groups is 1. The van der Waals surface area contributed by atoms with E-state index in [0.29, 0.717) is 25.9 Å². The lowest BCUT2D eigenvalue weighted by molar-refractivity contribution is -0.132. The first-order chi connectivity index (χ1) is 12.0. The van der Waals surface area contributed by atoms with Gasteiger partial charge in [0.15, 0.2) is 9.84 Å². The monoisotopic (exact) mass is 368 g/mol. The predicted octanol–water partition coefficient (Wildman–Crippen LogP) is 1.25. The molecule has 0 radical (unpaired) electrons. The topological polar surface area (TPSA) is 75.7 Å². The molecule has 2 rings (SSSR count). The Morgan fingerprint density at radius 3 is 2.72 bits per heavy atom. The third-order valence-corrected chi connectivity index (χ3v) is 6.34. The van der Waals surface area contributed by atoms with E-state index in [4.69, 9.17) is 4.74 Å². The first-order valence-electron chi connectivity index (χ1n) is 8.79. The van der Waals surface area contributed by atoms with Gasteiger partial charge in [0.25, 0.3) is 0 Å². The van der Waals surface area contributed by atoms with Gasteiger partial charge in [0.2, 0.25) is 5.91 Å². The van der Waals surface area contributed by atoms with Gasteiger partial charge in [0.1, 0.15) is 5.75 Å². The molecule has 6 nitrogen and oxygen atoms in total. The normalized spacial score (nSPS) is 18.9. The summed E-state index contributed by atoms with van der Waals surface area (Å²) in [4.78, 5) is 14.1. The third-order valence-electron chi connectivity index (χ3n) is 4.59. The van der Waals surface area contributed by atoms with Crippen molar-refractivity contribution in [3.63, 3.8) is 0 Å². The van der Waals surface area contributed by atoms with Crippen molar-refractivity contribution in [2.45, 2.75) is 32.2 Å². The molecule has 0 aliphatic carbocycles. The number of rotatable bonds is 9. The van der Waals surface area contributed by atoms with Crippen molar-refractivity contribution in [2.24, 2.45) is 0 Å². The van der Waals surface area contributed by atoms with Crippen LogP contribution in [0.3, 0.4) is 0 Å². The highest BCUT2D eigenvalue weighted by Crippen LogP contribution is 2.19. The summed E-state index contributed by atoms with van der Waals surface area (Å²) in [6.07, 6.45) is 1.77. The smallest absolute Gasteiger partial charge is 0.224 e. The lowest BCUT2D eigenvalue weighted by Crippen LogP contribution is -2.42. The Balaban J connectivity index is 1.72. The van der Waals surface area contributed by atoms with Crippen molar-refractivity contribution in [2.75, 3.05) is 38.2 Å². The number of nitrogens with zero attached hydrogens (tertiary/aromatic N) is 1. The molecule has 0 bridgehead atoms. The maximum atomic E-state index is 12.4. The summed E-state index contributed by atoms with van der Waals surface area (Å²) in [7, 11) is -1.31. The van der Waals surface area contributed by atoms with Crippen molar-refractivity contribution in [1.82, 2.24) is 10.2 Å². The zero-order chi connectivity index (χ0) is 18.3. The molecule has 25 heavy (non-hydrogen) atoms. The number of amides is 1. The number of ether oxygens (including phenoxy) is 1. The lowest BCUT2D eigenvalue weighted by atomic mass is 10.1. The Kier molecular flexibility index (Phi) is 7.25. The minimum absolute atomic E-state index is 0.0226. The third kappa shape index (κ3) is 5.71. The van der Waals surface area contributed by atoms with Gasteiger partial charge >= 0.3 is 0 Å². The van der Waals surface area contributed by atoms with Crippen LogP contribution in [-0.4, -0.2) is 63.5 Å². The number of benzene rings is 1. The van der Waals surface area contributed by atoms with E-state index in [1.807, 2.05) is 31.2 Å². The van der Waals surface area contributed by atoms with Crippen LogP contribution in [0.2, 0.25) is 0 Å². The minimum atomic E-state index is -2.97. The van der Waals surface area contributed by atoms with E-state index in [-0.39, 0.29) is 23.5 Å². The molecule has 1 aromatic rings. The highest BCUT2D eigenvalue weighted by atomic mass is 32.2. The predicted molar refractivity (Wildman–Crippen MR) is 98.6 cm³/mol. The van der Waals surface area contributed by atoms with E-state index in [1.165, 1.54) is 0 Å². The molecule has 1 aromatic carbocycles. The molecule has 1 amide bonds. The molecule has 1 unspecified atom stereocenters. The number of hydrogen-bond donors (Lipinski definition) is 1.